The summed E-state index contributed by atoms with van der Waals surface area (Å²) in [5.74, 6) is 0.691. The van der Waals surface area contributed by atoms with Gasteiger partial charge in [-0.05, 0) is 47.4 Å². The number of benzene rings is 1. The van der Waals surface area contributed by atoms with Crippen LogP contribution in [0.25, 0.3) is 0 Å². The molecule has 1 unspecified atom stereocenters. The molecule has 0 aliphatic rings. The molecule has 1 amide bonds. The fourth-order valence-electron chi connectivity index (χ4n) is 1.80. The van der Waals surface area contributed by atoms with Crippen molar-refractivity contribution in [3.63, 3.8) is 0 Å². The molecule has 0 spiro atoms. The number of halogens is 2. The Kier molecular flexibility index (Phi) is 7.34. The van der Waals surface area contributed by atoms with Gasteiger partial charge in [-0.2, -0.15) is 0 Å². The molecule has 1 rings (SSSR count). The van der Waals surface area contributed by atoms with Gasteiger partial charge in [0, 0.05) is 11.4 Å². The lowest BCUT2D eigenvalue weighted by Crippen LogP contribution is -2.22. The Hall–Kier alpha value is -0.780. The molecule has 0 saturated heterocycles. The van der Waals surface area contributed by atoms with Crippen LogP contribution in [-0.2, 0) is 4.79 Å². The van der Waals surface area contributed by atoms with Crippen LogP contribution >= 0.6 is 27.5 Å². The molecule has 3 N–H and O–H groups in total. The summed E-state index contributed by atoms with van der Waals surface area (Å²) < 4.78 is 6.25. The number of ether oxygens (including phenoxy) is 1. The molecule has 1 aromatic carbocycles. The second-order valence-electron chi connectivity index (χ2n) is 4.46. The molecule has 0 heterocycles. The number of nitrogens with one attached hydrogen (secondary N) is 1. The number of hydrogen-bond donors (Lipinski definition) is 2. The van der Waals surface area contributed by atoms with Crippen LogP contribution in [0.4, 0.5) is 5.69 Å². The molecule has 1 atom stereocenters. The van der Waals surface area contributed by atoms with E-state index in [-0.39, 0.29) is 11.8 Å². The molecular weight excluding hydrogens is 344 g/mol. The lowest BCUT2D eigenvalue weighted by Gasteiger charge is -2.16. The van der Waals surface area contributed by atoms with Crippen LogP contribution in [0, 0.1) is 5.92 Å². The van der Waals surface area contributed by atoms with Gasteiger partial charge in [0.15, 0.2) is 5.75 Å². The van der Waals surface area contributed by atoms with Crippen LogP contribution in [0.3, 0.4) is 0 Å². The second-order valence-corrected chi connectivity index (χ2v) is 5.75. The van der Waals surface area contributed by atoms with E-state index in [0.717, 1.165) is 6.42 Å². The minimum atomic E-state index is -0.0857. The molecule has 6 heteroatoms. The molecule has 1 aromatic rings. The van der Waals surface area contributed by atoms with E-state index in [9.17, 15) is 4.79 Å². The van der Waals surface area contributed by atoms with E-state index in [0.29, 0.717) is 40.5 Å². The van der Waals surface area contributed by atoms with Gasteiger partial charge in [-0.15, -0.1) is 0 Å². The van der Waals surface area contributed by atoms with Crippen molar-refractivity contribution in [3.8, 4) is 5.75 Å². The van der Waals surface area contributed by atoms with Crippen LogP contribution in [0.1, 0.15) is 26.7 Å². The van der Waals surface area contributed by atoms with Gasteiger partial charge >= 0.3 is 0 Å². The molecular formula is C14H20BrClN2O2. The zero-order valence-corrected chi connectivity index (χ0v) is 14.1. The molecule has 0 saturated carbocycles. The van der Waals surface area contributed by atoms with Crippen molar-refractivity contribution in [1.29, 1.82) is 0 Å². The molecule has 0 aromatic heterocycles. The molecule has 0 bridgehead atoms. The average Bonchev–Trinajstić information content (AvgIpc) is 2.39. The van der Waals surface area contributed by atoms with E-state index in [4.69, 9.17) is 22.1 Å². The minimum Gasteiger partial charge on any atom is -0.491 e. The quantitative estimate of drug-likeness (QED) is 0.774. The maximum atomic E-state index is 12.0. The Morgan fingerprint density at radius 2 is 2.20 bits per heavy atom. The molecule has 20 heavy (non-hydrogen) atoms. The van der Waals surface area contributed by atoms with Crippen LogP contribution < -0.4 is 15.8 Å². The first-order valence-corrected chi connectivity index (χ1v) is 7.80. The highest BCUT2D eigenvalue weighted by molar-refractivity contribution is 9.10. The maximum absolute atomic E-state index is 12.0. The number of carbonyl (C=O) groups excluding carboxylic acids is 1. The van der Waals surface area contributed by atoms with Crippen molar-refractivity contribution in [3.05, 3.63) is 21.6 Å². The highest BCUT2D eigenvalue weighted by Gasteiger charge is 2.15. The van der Waals surface area contributed by atoms with Crippen molar-refractivity contribution in [2.45, 2.75) is 26.7 Å². The standard InChI is InChI=1S/C14H20BrClN2O2/c1-3-9(8-17)5-13(19)18-12-7-10(16)6-11(15)14(12)20-4-2/h6-7,9H,3-5,8,17H2,1-2H3,(H,18,19). The van der Waals surface area contributed by atoms with Crippen molar-refractivity contribution in [1.82, 2.24) is 0 Å². The number of amides is 1. The van der Waals surface area contributed by atoms with E-state index in [1.807, 2.05) is 13.8 Å². The van der Waals surface area contributed by atoms with E-state index in [1.54, 1.807) is 12.1 Å². The molecule has 0 aliphatic carbocycles. The third kappa shape index (κ3) is 4.96. The summed E-state index contributed by atoms with van der Waals surface area (Å²) in [6.45, 7) is 4.91. The van der Waals surface area contributed by atoms with E-state index >= 15 is 0 Å². The smallest absolute Gasteiger partial charge is 0.224 e. The zero-order valence-electron chi connectivity index (χ0n) is 11.7. The van der Waals surface area contributed by atoms with Gasteiger partial charge in [0.1, 0.15) is 0 Å². The number of hydrogen-bond acceptors (Lipinski definition) is 3. The van der Waals surface area contributed by atoms with Gasteiger partial charge in [-0.1, -0.05) is 24.9 Å². The molecule has 4 nitrogen and oxygen atoms in total. The summed E-state index contributed by atoms with van der Waals surface area (Å²) in [5.41, 5.74) is 6.19. The van der Waals surface area contributed by atoms with Crippen LogP contribution in [0.2, 0.25) is 5.02 Å². The first kappa shape index (κ1) is 17.3. The Balaban J connectivity index is 2.87. The van der Waals surface area contributed by atoms with Gasteiger partial charge in [0.2, 0.25) is 5.91 Å². The zero-order chi connectivity index (χ0) is 15.1. The first-order valence-electron chi connectivity index (χ1n) is 6.63. The summed E-state index contributed by atoms with van der Waals surface area (Å²) in [5, 5.41) is 3.37. The van der Waals surface area contributed by atoms with Crippen LogP contribution in [-0.4, -0.2) is 19.1 Å². The van der Waals surface area contributed by atoms with Crippen molar-refractivity contribution >= 4 is 39.1 Å². The average molecular weight is 364 g/mol. The maximum Gasteiger partial charge on any atom is 0.224 e. The Morgan fingerprint density at radius 1 is 1.50 bits per heavy atom. The van der Waals surface area contributed by atoms with Gasteiger partial charge in [0.05, 0.1) is 16.8 Å². The summed E-state index contributed by atoms with van der Waals surface area (Å²) in [6.07, 6.45) is 1.27. The van der Waals surface area contributed by atoms with Crippen LogP contribution in [0.15, 0.2) is 16.6 Å². The highest BCUT2D eigenvalue weighted by Crippen LogP contribution is 2.36. The van der Waals surface area contributed by atoms with Crippen LogP contribution in [0.5, 0.6) is 5.75 Å². The number of nitrogens with two attached hydrogens (primary N) is 1. The predicted molar refractivity (Wildman–Crippen MR) is 86.4 cm³/mol. The topological polar surface area (TPSA) is 64.3 Å². The normalized spacial score (nSPS) is 12.1. The van der Waals surface area contributed by atoms with E-state index in [2.05, 4.69) is 21.2 Å². The Morgan fingerprint density at radius 3 is 2.75 bits per heavy atom. The second kappa shape index (κ2) is 8.49. The third-order valence-corrected chi connectivity index (χ3v) is 3.76. The summed E-state index contributed by atoms with van der Waals surface area (Å²) >= 11 is 9.40. The SMILES string of the molecule is CCOc1c(Br)cc(Cl)cc1NC(=O)CC(CC)CN. The largest absolute Gasteiger partial charge is 0.491 e. The van der Waals surface area contributed by atoms with E-state index in [1.165, 1.54) is 0 Å². The summed E-state index contributed by atoms with van der Waals surface area (Å²) in [4.78, 5) is 12.0. The number of carbonyl (C=O) groups is 1. The van der Waals surface area contributed by atoms with Gasteiger partial charge in [-0.3, -0.25) is 4.79 Å². The lowest BCUT2D eigenvalue weighted by molar-refractivity contribution is -0.117. The molecule has 112 valence electrons. The fourth-order valence-corrected chi connectivity index (χ4v) is 2.73. The monoisotopic (exact) mass is 362 g/mol. The highest BCUT2D eigenvalue weighted by atomic mass is 79.9. The first-order chi connectivity index (χ1) is 9.51. The summed E-state index contributed by atoms with van der Waals surface area (Å²) in [6, 6.07) is 3.41. The lowest BCUT2D eigenvalue weighted by atomic mass is 10.0. The summed E-state index contributed by atoms with van der Waals surface area (Å²) in [7, 11) is 0. The Bertz CT molecular complexity index is 465. The predicted octanol–water partition coefficient (Wildman–Crippen LogP) is 3.81. The number of anilines is 1. The molecule has 0 radical (unpaired) electrons. The van der Waals surface area contributed by atoms with Gasteiger partial charge in [-0.25, -0.2) is 0 Å². The molecule has 0 fully saturated rings. The van der Waals surface area contributed by atoms with Gasteiger partial charge < -0.3 is 15.8 Å². The number of rotatable bonds is 7. The van der Waals surface area contributed by atoms with Crippen molar-refractivity contribution in [2.75, 3.05) is 18.5 Å². The Labute approximate surface area is 133 Å². The van der Waals surface area contributed by atoms with E-state index < -0.39 is 0 Å². The third-order valence-electron chi connectivity index (χ3n) is 2.96. The minimum absolute atomic E-state index is 0.0857. The van der Waals surface area contributed by atoms with Crippen molar-refractivity contribution in [2.24, 2.45) is 11.7 Å². The molecule has 0 aliphatic heterocycles. The fraction of sp³-hybridized carbons (Fsp3) is 0.500. The van der Waals surface area contributed by atoms with Crippen molar-refractivity contribution < 1.29 is 9.53 Å². The van der Waals surface area contributed by atoms with Gasteiger partial charge in [0.25, 0.3) is 0 Å².